The molecule has 2 fully saturated rings. The molecule has 2 aromatic rings. The molecule has 2 saturated carbocycles. The van der Waals surface area contributed by atoms with Gasteiger partial charge in [0.05, 0.1) is 17.5 Å². The lowest BCUT2D eigenvalue weighted by molar-refractivity contribution is -0.181. The summed E-state index contributed by atoms with van der Waals surface area (Å²) in [6.45, 7) is 1.95. The van der Waals surface area contributed by atoms with Gasteiger partial charge in [-0.1, -0.05) is 35.9 Å². The van der Waals surface area contributed by atoms with Crippen molar-refractivity contribution in [2.75, 3.05) is 14.1 Å². The number of primary amides is 1. The molecular formula is C28H28N2O7. The summed E-state index contributed by atoms with van der Waals surface area (Å²) in [5.74, 6) is -10.4. The number of carbonyl (C=O) groups is 5. The zero-order valence-electron chi connectivity index (χ0n) is 20.7. The molecule has 0 heterocycles. The van der Waals surface area contributed by atoms with Crippen molar-refractivity contribution in [1.82, 2.24) is 4.90 Å². The average molecular weight is 505 g/mol. The number of phenols is 1. The summed E-state index contributed by atoms with van der Waals surface area (Å²) in [6.07, 6.45) is 0.246. The largest absolute Gasteiger partial charge is 0.507 e. The van der Waals surface area contributed by atoms with Crippen molar-refractivity contribution in [2.24, 2.45) is 29.4 Å². The van der Waals surface area contributed by atoms with Crippen molar-refractivity contribution < 1.29 is 34.2 Å². The molecular weight excluding hydrogens is 476 g/mol. The van der Waals surface area contributed by atoms with Crippen LogP contribution in [0.2, 0.25) is 0 Å². The number of hydrogen-bond acceptors (Lipinski definition) is 8. The highest BCUT2D eigenvalue weighted by Crippen LogP contribution is 2.51. The number of fused-ring (bicyclic) bond motifs is 3. The third kappa shape index (κ3) is 3.41. The van der Waals surface area contributed by atoms with Gasteiger partial charge in [-0.15, -0.1) is 0 Å². The Hall–Kier alpha value is -3.69. The highest BCUT2D eigenvalue weighted by Gasteiger charge is 2.69. The number of aryl methyl sites for hydroxylation is 1. The number of aromatic hydroxyl groups is 1. The lowest BCUT2D eigenvalue weighted by atomic mass is 9.52. The smallest absolute Gasteiger partial charge is 0.235 e. The minimum atomic E-state index is -2.72. The molecule has 9 nitrogen and oxygen atoms in total. The first-order chi connectivity index (χ1) is 17.4. The van der Waals surface area contributed by atoms with E-state index in [4.69, 9.17) is 5.73 Å². The monoisotopic (exact) mass is 504 g/mol. The molecule has 0 radical (unpaired) electrons. The summed E-state index contributed by atoms with van der Waals surface area (Å²) in [7, 11) is 3.12. The highest BCUT2D eigenvalue weighted by molar-refractivity contribution is 6.32. The van der Waals surface area contributed by atoms with E-state index in [9.17, 15) is 34.2 Å². The quantitative estimate of drug-likeness (QED) is 0.520. The third-order valence-electron chi connectivity index (χ3n) is 8.31. The van der Waals surface area contributed by atoms with Crippen LogP contribution in [0.1, 0.15) is 27.9 Å². The zero-order chi connectivity index (χ0) is 27.0. The van der Waals surface area contributed by atoms with Crippen molar-refractivity contribution in [1.29, 1.82) is 0 Å². The van der Waals surface area contributed by atoms with Crippen LogP contribution in [0.15, 0.2) is 36.4 Å². The fraction of sp³-hybridized carbons (Fsp3) is 0.393. The summed E-state index contributed by atoms with van der Waals surface area (Å²) >= 11 is 0. The van der Waals surface area contributed by atoms with E-state index in [2.05, 4.69) is 0 Å². The number of benzene rings is 2. The van der Waals surface area contributed by atoms with Crippen molar-refractivity contribution >= 4 is 29.0 Å². The number of aliphatic hydroxyl groups is 1. The SMILES string of the molecule is Cc1ccc(-c2ccc(O)c3c2CC2CC4C(N(C)C)C(=O)C(C(N)=O)C(=O)C4(O)C(=O)C2C3=O)cc1. The Balaban J connectivity index is 1.66. The van der Waals surface area contributed by atoms with Crippen LogP contribution < -0.4 is 5.73 Å². The maximum atomic E-state index is 13.8. The molecule has 0 aromatic heterocycles. The van der Waals surface area contributed by atoms with Crippen LogP contribution in [-0.4, -0.2) is 69.9 Å². The third-order valence-corrected chi connectivity index (χ3v) is 8.31. The van der Waals surface area contributed by atoms with Gasteiger partial charge in [-0.05, 0) is 62.5 Å². The van der Waals surface area contributed by atoms with E-state index in [0.29, 0.717) is 5.56 Å². The predicted octanol–water partition coefficient (Wildman–Crippen LogP) is 0.842. The molecule has 0 bridgehead atoms. The van der Waals surface area contributed by atoms with Gasteiger partial charge < -0.3 is 15.9 Å². The molecule has 5 rings (SSSR count). The van der Waals surface area contributed by atoms with E-state index in [-0.39, 0.29) is 24.2 Å². The van der Waals surface area contributed by atoms with Crippen LogP contribution in [-0.2, 0) is 25.6 Å². The molecule has 4 N–H and O–H groups in total. The van der Waals surface area contributed by atoms with Gasteiger partial charge in [0, 0.05) is 5.92 Å². The van der Waals surface area contributed by atoms with E-state index in [0.717, 1.165) is 16.7 Å². The van der Waals surface area contributed by atoms with Crippen molar-refractivity contribution in [3.05, 3.63) is 53.1 Å². The van der Waals surface area contributed by atoms with E-state index >= 15 is 0 Å². The Morgan fingerprint density at radius 2 is 1.68 bits per heavy atom. The standard InChI is InChI=1S/C28H28N2O7/c1-12-4-6-13(7-5-12)15-8-9-18(31)20-16(15)10-14-11-17-22(30(2)3)24(33)21(27(29)36)26(35)28(17,37)25(34)19(14)23(20)32/h4-9,14,17,19,21-22,31,37H,10-11H2,1-3H3,(H2,29,36). The molecule has 1 amide bonds. The van der Waals surface area contributed by atoms with E-state index < -0.39 is 64.4 Å². The molecule has 6 atom stereocenters. The number of Topliss-reactive ketones (excluding diaryl/α,β-unsaturated/α-hetero) is 4. The predicted molar refractivity (Wildman–Crippen MR) is 132 cm³/mol. The van der Waals surface area contributed by atoms with E-state index in [1.165, 1.54) is 11.0 Å². The second kappa shape index (κ2) is 8.43. The van der Waals surface area contributed by atoms with Crippen LogP contribution >= 0.6 is 0 Å². The second-order valence-electron chi connectivity index (χ2n) is 10.6. The van der Waals surface area contributed by atoms with Gasteiger partial charge in [0.25, 0.3) is 0 Å². The molecule has 0 aliphatic heterocycles. The van der Waals surface area contributed by atoms with E-state index in [1.807, 2.05) is 31.2 Å². The highest BCUT2D eigenvalue weighted by atomic mass is 16.3. The van der Waals surface area contributed by atoms with Crippen LogP contribution in [0.25, 0.3) is 11.1 Å². The Morgan fingerprint density at radius 3 is 2.27 bits per heavy atom. The van der Waals surface area contributed by atoms with Crippen molar-refractivity contribution in [3.63, 3.8) is 0 Å². The number of hydrogen-bond donors (Lipinski definition) is 3. The van der Waals surface area contributed by atoms with Crippen LogP contribution in [0.3, 0.4) is 0 Å². The molecule has 0 spiro atoms. The fourth-order valence-corrected chi connectivity index (χ4v) is 6.61. The maximum Gasteiger partial charge on any atom is 0.235 e. The van der Waals surface area contributed by atoms with Gasteiger partial charge >= 0.3 is 0 Å². The fourth-order valence-electron chi connectivity index (χ4n) is 6.61. The Bertz CT molecular complexity index is 1380. The Kier molecular flexibility index (Phi) is 5.69. The van der Waals surface area contributed by atoms with Crippen LogP contribution in [0, 0.1) is 30.6 Å². The number of ketones is 4. The normalized spacial score (nSPS) is 31.1. The maximum absolute atomic E-state index is 13.8. The first-order valence-electron chi connectivity index (χ1n) is 12.2. The number of likely N-dealkylation sites (N-methyl/N-ethyl adjacent to an activating group) is 1. The molecule has 0 saturated heterocycles. The number of nitrogens with two attached hydrogens (primary N) is 1. The van der Waals surface area contributed by atoms with Crippen molar-refractivity contribution in [2.45, 2.75) is 31.4 Å². The van der Waals surface area contributed by atoms with Gasteiger partial charge in [0.2, 0.25) is 5.91 Å². The van der Waals surface area contributed by atoms with E-state index in [1.54, 1.807) is 20.2 Å². The topological polar surface area (TPSA) is 155 Å². The minimum absolute atomic E-state index is 0.00956. The van der Waals surface area contributed by atoms with Crippen LogP contribution in [0.4, 0.5) is 0 Å². The number of phenolic OH excluding ortho intramolecular Hbond substituents is 1. The van der Waals surface area contributed by atoms with Gasteiger partial charge in [0.15, 0.2) is 34.7 Å². The summed E-state index contributed by atoms with van der Waals surface area (Å²) in [6, 6.07) is 9.68. The lowest BCUT2D eigenvalue weighted by Gasteiger charge is -2.52. The molecule has 9 heteroatoms. The van der Waals surface area contributed by atoms with Crippen molar-refractivity contribution in [3.8, 4) is 16.9 Å². The molecule has 3 aliphatic rings. The minimum Gasteiger partial charge on any atom is -0.507 e. The van der Waals surface area contributed by atoms with Crippen LogP contribution in [0.5, 0.6) is 5.75 Å². The molecule has 192 valence electrons. The van der Waals surface area contributed by atoms with Gasteiger partial charge in [-0.3, -0.25) is 28.9 Å². The molecule has 2 aromatic carbocycles. The second-order valence-corrected chi connectivity index (χ2v) is 10.6. The Morgan fingerprint density at radius 1 is 1.03 bits per heavy atom. The first-order valence-corrected chi connectivity index (χ1v) is 12.2. The molecule has 3 aliphatic carbocycles. The summed E-state index contributed by atoms with van der Waals surface area (Å²) in [5.41, 5.74) is 5.82. The number of carbonyl (C=O) groups excluding carboxylic acids is 5. The number of rotatable bonds is 3. The summed E-state index contributed by atoms with van der Waals surface area (Å²) in [4.78, 5) is 67.6. The van der Waals surface area contributed by atoms with Gasteiger partial charge in [-0.25, -0.2) is 0 Å². The molecule has 37 heavy (non-hydrogen) atoms. The number of amides is 1. The number of nitrogens with zero attached hydrogens (tertiary/aromatic N) is 1. The zero-order valence-corrected chi connectivity index (χ0v) is 20.7. The summed E-state index contributed by atoms with van der Waals surface area (Å²) in [5, 5.41) is 22.3. The first kappa shape index (κ1) is 25.0. The summed E-state index contributed by atoms with van der Waals surface area (Å²) < 4.78 is 0. The van der Waals surface area contributed by atoms with Gasteiger partial charge in [0.1, 0.15) is 5.75 Å². The Labute approximate surface area is 213 Å². The average Bonchev–Trinajstić information content (AvgIpc) is 2.82. The lowest BCUT2D eigenvalue weighted by Crippen LogP contribution is -2.74. The molecule has 6 unspecified atom stereocenters. The van der Waals surface area contributed by atoms with Gasteiger partial charge in [-0.2, -0.15) is 0 Å².